The van der Waals surface area contributed by atoms with Crippen molar-refractivity contribution in [2.24, 2.45) is 0 Å². The number of halogens is 3. The highest BCUT2D eigenvalue weighted by Crippen LogP contribution is 2.43. The van der Waals surface area contributed by atoms with Gasteiger partial charge >= 0.3 is 0 Å². The third-order valence-electron chi connectivity index (χ3n) is 6.35. The van der Waals surface area contributed by atoms with Gasteiger partial charge in [0, 0.05) is 35.6 Å². The molecule has 33 heavy (non-hydrogen) atoms. The lowest BCUT2D eigenvalue weighted by Crippen LogP contribution is -2.29. The zero-order valence-corrected chi connectivity index (χ0v) is 19.0. The first-order valence-electron chi connectivity index (χ1n) is 10.6. The third kappa shape index (κ3) is 3.92. The van der Waals surface area contributed by atoms with Crippen LogP contribution in [0.2, 0.25) is 10.0 Å². The van der Waals surface area contributed by atoms with Crippen molar-refractivity contribution < 1.29 is 9.18 Å². The minimum atomic E-state index is -0.622. The van der Waals surface area contributed by atoms with Crippen LogP contribution in [0.5, 0.6) is 0 Å². The normalized spacial score (nSPS) is 18.9. The molecular formula is C25H19Cl2FN4O. The van der Waals surface area contributed by atoms with Crippen molar-refractivity contribution >= 4 is 40.6 Å². The van der Waals surface area contributed by atoms with Gasteiger partial charge in [-0.15, -0.1) is 6.42 Å². The Kier molecular flexibility index (Phi) is 5.69. The highest BCUT2D eigenvalue weighted by atomic mass is 35.5. The monoisotopic (exact) mass is 480 g/mol. The summed E-state index contributed by atoms with van der Waals surface area (Å²) in [6.07, 6.45) is 14.7. The van der Waals surface area contributed by atoms with Crippen molar-refractivity contribution in [1.82, 2.24) is 9.97 Å². The van der Waals surface area contributed by atoms with Gasteiger partial charge in [0.1, 0.15) is 11.6 Å². The number of hydrogen-bond acceptors (Lipinski definition) is 4. The molecule has 1 amide bonds. The molecule has 2 aromatic heterocycles. The number of pyridine rings is 2. The maximum absolute atomic E-state index is 14.9. The van der Waals surface area contributed by atoms with Crippen LogP contribution in [0.15, 0.2) is 42.9 Å². The van der Waals surface area contributed by atoms with Gasteiger partial charge in [0.25, 0.3) is 5.91 Å². The third-order valence-corrected chi connectivity index (χ3v) is 6.94. The van der Waals surface area contributed by atoms with Gasteiger partial charge in [0.2, 0.25) is 0 Å². The molecular weight excluding hydrogens is 462 g/mol. The Morgan fingerprint density at radius 2 is 1.82 bits per heavy atom. The molecule has 0 saturated carbocycles. The van der Waals surface area contributed by atoms with Gasteiger partial charge in [-0.1, -0.05) is 29.1 Å². The molecule has 0 unspecified atom stereocenters. The first kappa shape index (κ1) is 21.7. The molecule has 2 aliphatic heterocycles. The second-order valence-electron chi connectivity index (χ2n) is 8.23. The summed E-state index contributed by atoms with van der Waals surface area (Å²) >= 11 is 12.9. The summed E-state index contributed by atoms with van der Waals surface area (Å²) in [6.45, 7) is 0. The number of amides is 1. The molecule has 5 nitrogen and oxygen atoms in total. The topological polar surface area (TPSA) is 58.1 Å². The van der Waals surface area contributed by atoms with Crippen LogP contribution in [0.25, 0.3) is 11.1 Å². The Labute approximate surface area is 201 Å². The zero-order valence-electron chi connectivity index (χ0n) is 17.5. The fraction of sp³-hybridized carbons (Fsp3) is 0.240. The van der Waals surface area contributed by atoms with E-state index >= 15 is 0 Å². The predicted octanol–water partition coefficient (Wildman–Crippen LogP) is 5.95. The van der Waals surface area contributed by atoms with Gasteiger partial charge in [0.15, 0.2) is 0 Å². The number of carbonyl (C=O) groups excluding carboxylic acids is 1. The van der Waals surface area contributed by atoms with Crippen LogP contribution >= 0.6 is 23.2 Å². The van der Waals surface area contributed by atoms with Crippen molar-refractivity contribution in [2.75, 3.05) is 10.2 Å². The van der Waals surface area contributed by atoms with E-state index in [4.69, 9.17) is 29.6 Å². The van der Waals surface area contributed by atoms with Crippen molar-refractivity contribution in [2.45, 2.75) is 37.8 Å². The van der Waals surface area contributed by atoms with Crippen molar-refractivity contribution in [3.63, 3.8) is 0 Å². The summed E-state index contributed by atoms with van der Waals surface area (Å²) in [5, 5.41) is 3.27. The summed E-state index contributed by atoms with van der Waals surface area (Å²) < 4.78 is 14.9. The largest absolute Gasteiger partial charge is 0.349 e. The van der Waals surface area contributed by atoms with E-state index in [0.29, 0.717) is 33.9 Å². The molecule has 166 valence electrons. The van der Waals surface area contributed by atoms with Gasteiger partial charge in [-0.3, -0.25) is 9.78 Å². The number of nitrogens with zero attached hydrogens (tertiary/aromatic N) is 3. The Balaban J connectivity index is 1.39. The van der Waals surface area contributed by atoms with Gasteiger partial charge in [-0.2, -0.15) is 0 Å². The molecule has 2 aliphatic rings. The van der Waals surface area contributed by atoms with Crippen LogP contribution in [0, 0.1) is 18.2 Å². The number of rotatable bonds is 4. The molecule has 0 aliphatic carbocycles. The molecule has 2 fully saturated rings. The number of aromatic nitrogens is 2. The molecule has 5 rings (SSSR count). The first-order valence-corrected chi connectivity index (χ1v) is 11.4. The average Bonchev–Trinajstić information content (AvgIpc) is 3.41. The van der Waals surface area contributed by atoms with Gasteiger partial charge in [-0.05, 0) is 49.9 Å². The van der Waals surface area contributed by atoms with Crippen LogP contribution in [0.3, 0.4) is 0 Å². The van der Waals surface area contributed by atoms with E-state index in [1.165, 1.54) is 18.5 Å². The number of fused-ring (bicyclic) bond motifs is 2. The summed E-state index contributed by atoms with van der Waals surface area (Å²) in [6, 6.07) is 6.71. The van der Waals surface area contributed by atoms with E-state index in [1.54, 1.807) is 18.3 Å². The molecule has 1 aromatic carbocycles. The first-order chi connectivity index (χ1) is 16.0. The molecule has 0 spiro atoms. The van der Waals surface area contributed by atoms with Crippen LogP contribution in [0.4, 0.5) is 15.9 Å². The number of hydrogen-bond donors (Lipinski definition) is 1. The van der Waals surface area contributed by atoms with E-state index in [1.807, 2.05) is 0 Å². The summed E-state index contributed by atoms with van der Waals surface area (Å²) in [7, 11) is 0. The molecule has 2 bridgehead atoms. The van der Waals surface area contributed by atoms with Gasteiger partial charge < -0.3 is 10.2 Å². The quantitative estimate of drug-likeness (QED) is 0.468. The molecule has 8 heteroatoms. The van der Waals surface area contributed by atoms with Crippen molar-refractivity contribution in [3.8, 4) is 23.5 Å². The summed E-state index contributed by atoms with van der Waals surface area (Å²) in [4.78, 5) is 23.6. The van der Waals surface area contributed by atoms with Crippen LogP contribution < -0.4 is 10.2 Å². The number of benzene rings is 1. The smallest absolute Gasteiger partial charge is 0.257 e. The van der Waals surface area contributed by atoms with Crippen molar-refractivity contribution in [1.29, 1.82) is 0 Å². The molecule has 4 heterocycles. The van der Waals surface area contributed by atoms with Crippen LogP contribution in [-0.2, 0) is 0 Å². The number of anilines is 2. The molecule has 2 saturated heterocycles. The van der Waals surface area contributed by atoms with Crippen LogP contribution in [-0.4, -0.2) is 28.0 Å². The van der Waals surface area contributed by atoms with Crippen LogP contribution in [0.1, 0.15) is 41.6 Å². The Hall–Kier alpha value is -3.14. The minimum Gasteiger partial charge on any atom is -0.349 e. The highest BCUT2D eigenvalue weighted by molar-refractivity contribution is 6.35. The maximum atomic E-state index is 14.9. The van der Waals surface area contributed by atoms with E-state index in [-0.39, 0.29) is 16.1 Å². The molecule has 1 N–H and O–H groups in total. The minimum absolute atomic E-state index is 0.00739. The summed E-state index contributed by atoms with van der Waals surface area (Å²) in [5.41, 5.74) is 1.50. The maximum Gasteiger partial charge on any atom is 0.257 e. The second kappa shape index (κ2) is 8.66. The lowest BCUT2D eigenvalue weighted by atomic mass is 10.00. The van der Waals surface area contributed by atoms with E-state index in [2.05, 4.69) is 26.1 Å². The van der Waals surface area contributed by atoms with E-state index < -0.39 is 11.7 Å². The van der Waals surface area contributed by atoms with E-state index in [0.717, 1.165) is 37.6 Å². The zero-order chi connectivity index (χ0) is 23.1. The fourth-order valence-corrected chi connectivity index (χ4v) is 5.33. The van der Waals surface area contributed by atoms with Gasteiger partial charge in [0.05, 0.1) is 33.1 Å². The number of nitrogens with one attached hydrogen (secondary N) is 1. The molecule has 3 aromatic rings. The Morgan fingerprint density at radius 3 is 2.48 bits per heavy atom. The molecule has 0 atom stereocenters. The SMILES string of the molecule is C#Cc1cnccc1-c1cc(Cl)c(C(=O)Nc2cnc(N3C4CCC3CC4)c(Cl)c2)cc1F. The Morgan fingerprint density at radius 1 is 1.09 bits per heavy atom. The lowest BCUT2D eigenvalue weighted by molar-refractivity contribution is 0.102. The number of terminal acetylenes is 1. The fourth-order valence-electron chi connectivity index (χ4n) is 4.82. The lowest BCUT2D eigenvalue weighted by Gasteiger charge is -2.24. The average molecular weight is 481 g/mol. The second-order valence-corrected chi connectivity index (χ2v) is 9.05. The molecule has 0 radical (unpaired) electrons. The van der Waals surface area contributed by atoms with Crippen molar-refractivity contribution in [3.05, 3.63) is 69.8 Å². The standard InChI is InChI=1S/C25H19Cl2FN4O/c1-2-14-12-29-8-7-18(14)19-10-21(26)20(11-23(19)28)25(33)31-15-9-22(27)24(30-13-15)32-16-3-4-17(32)6-5-16/h1,7-13,16-17H,3-6H2,(H,31,33). The highest BCUT2D eigenvalue weighted by Gasteiger charge is 2.40. The van der Waals surface area contributed by atoms with E-state index in [9.17, 15) is 9.18 Å². The van der Waals surface area contributed by atoms with Gasteiger partial charge in [-0.25, -0.2) is 9.37 Å². The number of carbonyl (C=O) groups is 1. The Bertz CT molecular complexity index is 1290. The predicted molar refractivity (Wildman–Crippen MR) is 128 cm³/mol. The summed E-state index contributed by atoms with van der Waals surface area (Å²) in [5.74, 6) is 2.03.